The number of nitrogens with one attached hydrogen (secondary N) is 1. The van der Waals surface area contributed by atoms with Gasteiger partial charge >= 0.3 is 0 Å². The number of rotatable bonds is 3. The van der Waals surface area contributed by atoms with E-state index in [1.807, 2.05) is 0 Å². The maximum Gasteiger partial charge on any atom is 0.227 e. The van der Waals surface area contributed by atoms with Crippen LogP contribution in [0.1, 0.15) is 31.7 Å². The summed E-state index contributed by atoms with van der Waals surface area (Å²) in [6.45, 7) is 2.12. The Morgan fingerprint density at radius 1 is 1.47 bits per heavy atom. The fourth-order valence-electron chi connectivity index (χ4n) is 2.53. The first kappa shape index (κ1) is 14.3. The summed E-state index contributed by atoms with van der Waals surface area (Å²) in [5.41, 5.74) is 6.87. The second-order valence-electron chi connectivity index (χ2n) is 5.06. The molecule has 1 aliphatic carbocycles. The zero-order valence-electron chi connectivity index (χ0n) is 10.8. The number of amides is 1. The molecule has 0 aromatic heterocycles. The van der Waals surface area contributed by atoms with E-state index in [9.17, 15) is 4.79 Å². The van der Waals surface area contributed by atoms with Crippen molar-refractivity contribution >= 4 is 40.4 Å². The first-order chi connectivity index (χ1) is 8.99. The highest BCUT2D eigenvalue weighted by molar-refractivity contribution is 7.80. The molecule has 0 bridgehead atoms. The Morgan fingerprint density at radius 2 is 2.21 bits per heavy atom. The molecule has 1 aromatic carbocycles. The van der Waals surface area contributed by atoms with E-state index in [1.54, 1.807) is 18.2 Å². The SMILES string of the molecule is CC1CCCC1C(=O)Nc1cc(C(N)=S)ccc1Cl. The number of halogens is 1. The Morgan fingerprint density at radius 3 is 2.79 bits per heavy atom. The van der Waals surface area contributed by atoms with Crippen molar-refractivity contribution in [3.63, 3.8) is 0 Å². The van der Waals surface area contributed by atoms with Gasteiger partial charge in [-0.1, -0.05) is 43.2 Å². The van der Waals surface area contributed by atoms with Gasteiger partial charge in [-0.25, -0.2) is 0 Å². The fourth-order valence-corrected chi connectivity index (χ4v) is 2.83. The van der Waals surface area contributed by atoms with Crippen molar-refractivity contribution in [1.82, 2.24) is 0 Å². The molecular weight excluding hydrogens is 280 g/mol. The van der Waals surface area contributed by atoms with Crippen LogP contribution in [0.25, 0.3) is 0 Å². The summed E-state index contributed by atoms with van der Waals surface area (Å²) in [4.78, 5) is 12.5. The molecule has 1 saturated carbocycles. The van der Waals surface area contributed by atoms with Crippen LogP contribution in [0.3, 0.4) is 0 Å². The van der Waals surface area contributed by atoms with Gasteiger partial charge in [0.15, 0.2) is 0 Å². The third-order valence-electron chi connectivity index (χ3n) is 3.71. The number of hydrogen-bond donors (Lipinski definition) is 2. The van der Waals surface area contributed by atoms with Crippen LogP contribution in [0.5, 0.6) is 0 Å². The highest BCUT2D eigenvalue weighted by atomic mass is 35.5. The number of thiocarbonyl (C=S) groups is 1. The summed E-state index contributed by atoms with van der Waals surface area (Å²) < 4.78 is 0. The molecule has 0 saturated heterocycles. The summed E-state index contributed by atoms with van der Waals surface area (Å²) >= 11 is 11.0. The first-order valence-electron chi connectivity index (χ1n) is 6.39. The molecular formula is C14H17ClN2OS. The van der Waals surface area contributed by atoms with Crippen LogP contribution in [0.2, 0.25) is 5.02 Å². The molecule has 102 valence electrons. The van der Waals surface area contributed by atoms with E-state index in [0.29, 0.717) is 27.2 Å². The largest absolute Gasteiger partial charge is 0.389 e. The maximum atomic E-state index is 12.2. The number of nitrogens with two attached hydrogens (primary N) is 1. The molecule has 0 spiro atoms. The van der Waals surface area contributed by atoms with Crippen LogP contribution in [0.15, 0.2) is 18.2 Å². The summed E-state index contributed by atoms with van der Waals surface area (Å²) in [5, 5.41) is 3.39. The lowest BCUT2D eigenvalue weighted by Gasteiger charge is -2.16. The van der Waals surface area contributed by atoms with Crippen molar-refractivity contribution in [1.29, 1.82) is 0 Å². The summed E-state index contributed by atoms with van der Waals surface area (Å²) in [6, 6.07) is 5.17. The molecule has 0 heterocycles. The summed E-state index contributed by atoms with van der Waals surface area (Å²) in [7, 11) is 0. The van der Waals surface area contributed by atoms with Gasteiger partial charge in [-0.15, -0.1) is 0 Å². The Kier molecular flexibility index (Phi) is 4.42. The highest BCUT2D eigenvalue weighted by Gasteiger charge is 2.29. The molecule has 5 heteroatoms. The van der Waals surface area contributed by atoms with Crippen LogP contribution >= 0.6 is 23.8 Å². The zero-order valence-corrected chi connectivity index (χ0v) is 12.4. The van der Waals surface area contributed by atoms with Crippen LogP contribution in [0, 0.1) is 11.8 Å². The third kappa shape index (κ3) is 3.25. The van der Waals surface area contributed by atoms with Gasteiger partial charge in [-0.2, -0.15) is 0 Å². The van der Waals surface area contributed by atoms with E-state index in [1.165, 1.54) is 0 Å². The van der Waals surface area contributed by atoms with Gasteiger partial charge in [0.1, 0.15) is 4.99 Å². The van der Waals surface area contributed by atoms with E-state index in [-0.39, 0.29) is 11.8 Å². The lowest BCUT2D eigenvalue weighted by molar-refractivity contribution is -0.120. The third-order valence-corrected chi connectivity index (χ3v) is 4.27. The quantitative estimate of drug-likeness (QED) is 0.841. The van der Waals surface area contributed by atoms with Crippen LogP contribution in [-0.2, 0) is 4.79 Å². The molecule has 3 nitrogen and oxygen atoms in total. The molecule has 2 atom stereocenters. The zero-order chi connectivity index (χ0) is 14.0. The monoisotopic (exact) mass is 296 g/mol. The predicted octanol–water partition coefficient (Wildman–Crippen LogP) is 3.35. The molecule has 3 N–H and O–H groups in total. The second-order valence-corrected chi connectivity index (χ2v) is 5.91. The van der Waals surface area contributed by atoms with Crippen molar-refractivity contribution in [2.75, 3.05) is 5.32 Å². The number of anilines is 1. The topological polar surface area (TPSA) is 55.1 Å². The smallest absolute Gasteiger partial charge is 0.227 e. The minimum atomic E-state index is 0.0342. The average Bonchev–Trinajstić information content (AvgIpc) is 2.78. The highest BCUT2D eigenvalue weighted by Crippen LogP contribution is 2.33. The average molecular weight is 297 g/mol. The van der Waals surface area contributed by atoms with E-state index < -0.39 is 0 Å². The number of hydrogen-bond acceptors (Lipinski definition) is 2. The van der Waals surface area contributed by atoms with Gasteiger partial charge in [0.05, 0.1) is 10.7 Å². The van der Waals surface area contributed by atoms with E-state index in [2.05, 4.69) is 12.2 Å². The number of benzene rings is 1. The second kappa shape index (κ2) is 5.88. The van der Waals surface area contributed by atoms with E-state index >= 15 is 0 Å². The van der Waals surface area contributed by atoms with Crippen LogP contribution in [0.4, 0.5) is 5.69 Å². The van der Waals surface area contributed by atoms with Crippen molar-refractivity contribution in [2.45, 2.75) is 26.2 Å². The normalized spacial score (nSPS) is 22.2. The summed E-state index contributed by atoms with van der Waals surface area (Å²) in [6.07, 6.45) is 3.16. The number of carbonyl (C=O) groups is 1. The lowest BCUT2D eigenvalue weighted by atomic mass is 9.97. The van der Waals surface area contributed by atoms with Crippen LogP contribution < -0.4 is 11.1 Å². The van der Waals surface area contributed by atoms with Gasteiger partial charge in [0.2, 0.25) is 5.91 Å². The predicted molar refractivity (Wildman–Crippen MR) is 82.5 cm³/mol. The van der Waals surface area contributed by atoms with Crippen molar-refractivity contribution in [3.05, 3.63) is 28.8 Å². The van der Waals surface area contributed by atoms with Crippen molar-refractivity contribution in [3.8, 4) is 0 Å². The molecule has 1 amide bonds. The molecule has 0 aliphatic heterocycles. The van der Waals surface area contributed by atoms with Gasteiger partial charge in [-0.05, 0) is 30.9 Å². The van der Waals surface area contributed by atoms with Gasteiger partial charge in [-0.3, -0.25) is 4.79 Å². The summed E-state index contributed by atoms with van der Waals surface area (Å²) in [5.74, 6) is 0.536. The van der Waals surface area contributed by atoms with Gasteiger partial charge in [0.25, 0.3) is 0 Å². The Labute approximate surface area is 123 Å². The molecule has 0 radical (unpaired) electrons. The number of carbonyl (C=O) groups excluding carboxylic acids is 1. The fraction of sp³-hybridized carbons (Fsp3) is 0.429. The Balaban J connectivity index is 2.16. The minimum Gasteiger partial charge on any atom is -0.389 e. The maximum absolute atomic E-state index is 12.2. The molecule has 2 rings (SSSR count). The molecule has 2 unspecified atom stereocenters. The molecule has 19 heavy (non-hydrogen) atoms. The Hall–Kier alpha value is -1.13. The molecule has 1 aliphatic rings. The van der Waals surface area contributed by atoms with E-state index in [4.69, 9.17) is 29.6 Å². The van der Waals surface area contributed by atoms with Crippen LogP contribution in [-0.4, -0.2) is 10.9 Å². The Bertz CT molecular complexity index is 518. The van der Waals surface area contributed by atoms with E-state index in [0.717, 1.165) is 19.3 Å². The first-order valence-corrected chi connectivity index (χ1v) is 7.18. The van der Waals surface area contributed by atoms with Crippen molar-refractivity contribution < 1.29 is 4.79 Å². The minimum absolute atomic E-state index is 0.0342. The van der Waals surface area contributed by atoms with Gasteiger partial charge < -0.3 is 11.1 Å². The van der Waals surface area contributed by atoms with Crippen molar-refractivity contribution in [2.24, 2.45) is 17.6 Å². The van der Waals surface area contributed by atoms with Gasteiger partial charge in [0, 0.05) is 11.5 Å². The lowest BCUT2D eigenvalue weighted by Crippen LogP contribution is -2.25. The molecule has 1 fully saturated rings. The standard InChI is InChI=1S/C14H17ClN2OS/c1-8-3-2-4-10(8)14(18)17-12-7-9(13(16)19)5-6-11(12)15/h5-8,10H,2-4H2,1H3,(H2,16,19)(H,17,18). The molecule has 1 aromatic rings.